The van der Waals surface area contributed by atoms with E-state index in [2.05, 4.69) is 11.8 Å². The normalized spacial score (nSPS) is 13.1. The number of hydrogen-bond acceptors (Lipinski definition) is 2. The van der Waals surface area contributed by atoms with E-state index in [1.165, 1.54) is 0 Å². The molecule has 0 saturated heterocycles. The van der Waals surface area contributed by atoms with Gasteiger partial charge in [0.05, 0.1) is 6.04 Å². The fraction of sp³-hybridized carbons (Fsp3) is 0.500. The van der Waals surface area contributed by atoms with Gasteiger partial charge in [-0.3, -0.25) is 9.69 Å². The molecule has 0 bridgehead atoms. The lowest BCUT2D eigenvalue weighted by Gasteiger charge is -2.27. The highest BCUT2D eigenvalue weighted by Crippen LogP contribution is 2.23. The Balaban J connectivity index is 3.01. The van der Waals surface area contributed by atoms with Crippen molar-refractivity contribution in [1.82, 2.24) is 4.90 Å². The van der Waals surface area contributed by atoms with Crippen molar-refractivity contribution in [3.8, 4) is 0 Å². The van der Waals surface area contributed by atoms with Crippen LogP contribution in [0.15, 0.2) is 30.3 Å². The van der Waals surface area contributed by atoms with Crippen molar-refractivity contribution < 1.29 is 4.79 Å². The molecular weight excluding hydrogens is 198 g/mol. The van der Waals surface area contributed by atoms with Crippen molar-refractivity contribution in [3.63, 3.8) is 0 Å². The fourth-order valence-corrected chi connectivity index (χ4v) is 1.77. The van der Waals surface area contributed by atoms with Crippen LogP contribution in [0.2, 0.25) is 0 Å². The van der Waals surface area contributed by atoms with Crippen LogP contribution in [0.4, 0.5) is 0 Å². The number of nitrogens with zero attached hydrogens (tertiary/aromatic N) is 1. The minimum absolute atomic E-state index is 0.0687. The van der Waals surface area contributed by atoms with Gasteiger partial charge in [-0.1, -0.05) is 51.1 Å². The molecule has 0 aliphatic carbocycles. The van der Waals surface area contributed by atoms with E-state index >= 15 is 0 Å². The molecule has 2 heteroatoms. The molecule has 2 nitrogen and oxygen atoms in total. The molecule has 0 amide bonds. The molecule has 0 radical (unpaired) electrons. The predicted molar refractivity (Wildman–Crippen MR) is 67.3 cm³/mol. The molecule has 1 aromatic rings. The molecule has 0 heterocycles. The number of ketones is 1. The van der Waals surface area contributed by atoms with Crippen LogP contribution in [-0.2, 0) is 4.79 Å². The van der Waals surface area contributed by atoms with Gasteiger partial charge in [0, 0.05) is 5.92 Å². The summed E-state index contributed by atoms with van der Waals surface area (Å²) < 4.78 is 0. The Morgan fingerprint density at radius 2 is 1.81 bits per heavy atom. The minimum Gasteiger partial charge on any atom is -0.297 e. The van der Waals surface area contributed by atoms with E-state index in [1.807, 2.05) is 51.2 Å². The summed E-state index contributed by atoms with van der Waals surface area (Å²) in [6, 6.07) is 9.89. The van der Waals surface area contributed by atoms with Crippen molar-refractivity contribution in [3.05, 3.63) is 35.9 Å². The molecule has 0 spiro atoms. The number of rotatable bonds is 5. The average molecular weight is 219 g/mol. The number of carbonyl (C=O) groups excluding carboxylic acids is 1. The zero-order valence-electron chi connectivity index (χ0n) is 10.6. The molecule has 16 heavy (non-hydrogen) atoms. The third kappa shape index (κ3) is 2.92. The first-order chi connectivity index (χ1) is 7.57. The monoisotopic (exact) mass is 219 g/mol. The number of carbonyl (C=O) groups is 1. The second-order valence-corrected chi connectivity index (χ2v) is 4.44. The second kappa shape index (κ2) is 5.80. The number of Topliss-reactive ketones (excluding diaryl/α,β-unsaturated/α-hetero) is 1. The molecule has 1 aromatic carbocycles. The van der Waals surface area contributed by atoms with Crippen molar-refractivity contribution >= 4 is 5.78 Å². The van der Waals surface area contributed by atoms with Crippen LogP contribution in [0.5, 0.6) is 0 Å². The molecular formula is C14H21NO. The Kier molecular flexibility index (Phi) is 4.69. The molecule has 1 atom stereocenters. The van der Waals surface area contributed by atoms with Gasteiger partial charge in [-0.25, -0.2) is 0 Å². The largest absolute Gasteiger partial charge is 0.297 e. The lowest BCUT2D eigenvalue weighted by atomic mass is 9.94. The average Bonchev–Trinajstić information content (AvgIpc) is 2.30. The van der Waals surface area contributed by atoms with Crippen LogP contribution < -0.4 is 0 Å². The molecule has 88 valence electrons. The van der Waals surface area contributed by atoms with E-state index < -0.39 is 0 Å². The van der Waals surface area contributed by atoms with Crippen LogP contribution in [0.25, 0.3) is 0 Å². The summed E-state index contributed by atoms with van der Waals surface area (Å²) >= 11 is 0. The molecule has 0 aliphatic rings. The molecule has 0 fully saturated rings. The van der Waals surface area contributed by atoms with Crippen LogP contribution in [-0.4, -0.2) is 24.3 Å². The van der Waals surface area contributed by atoms with Gasteiger partial charge in [-0.05, 0) is 19.2 Å². The van der Waals surface area contributed by atoms with Gasteiger partial charge in [-0.15, -0.1) is 0 Å². The number of likely N-dealkylation sites (N-methyl/N-ethyl adjacent to an activating group) is 1. The molecule has 1 rings (SSSR count). The Hall–Kier alpha value is -1.15. The predicted octanol–water partition coefficient (Wildman–Crippen LogP) is 2.90. The van der Waals surface area contributed by atoms with Gasteiger partial charge in [0.15, 0.2) is 5.78 Å². The Bertz CT molecular complexity index is 332. The van der Waals surface area contributed by atoms with Crippen LogP contribution >= 0.6 is 0 Å². The molecule has 0 aromatic heterocycles. The van der Waals surface area contributed by atoms with E-state index in [4.69, 9.17) is 0 Å². The lowest BCUT2D eigenvalue weighted by molar-refractivity contribution is -0.127. The Morgan fingerprint density at radius 1 is 1.25 bits per heavy atom. The third-order valence-corrected chi connectivity index (χ3v) is 2.89. The standard InChI is InChI=1S/C14H21NO/c1-5-15(4)13(14(16)11(2)3)12-9-7-6-8-10-12/h6-11,13H,5H2,1-4H3/t13-/m1/s1. The first-order valence-corrected chi connectivity index (χ1v) is 5.86. The third-order valence-electron chi connectivity index (χ3n) is 2.89. The van der Waals surface area contributed by atoms with Gasteiger partial charge >= 0.3 is 0 Å². The van der Waals surface area contributed by atoms with Crippen molar-refractivity contribution in [2.24, 2.45) is 5.92 Å². The first kappa shape index (κ1) is 12.9. The maximum absolute atomic E-state index is 12.2. The SMILES string of the molecule is CCN(C)[C@@H](C(=O)C(C)C)c1ccccc1. The van der Waals surface area contributed by atoms with Crippen molar-refractivity contribution in [2.45, 2.75) is 26.8 Å². The second-order valence-electron chi connectivity index (χ2n) is 4.44. The summed E-state index contributed by atoms with van der Waals surface area (Å²) in [7, 11) is 2.00. The summed E-state index contributed by atoms with van der Waals surface area (Å²) in [6.07, 6.45) is 0. The summed E-state index contributed by atoms with van der Waals surface area (Å²) in [4.78, 5) is 14.3. The van der Waals surface area contributed by atoms with Gasteiger partial charge < -0.3 is 0 Å². The maximum atomic E-state index is 12.2. The molecule has 0 unspecified atom stereocenters. The minimum atomic E-state index is -0.105. The van der Waals surface area contributed by atoms with Crippen LogP contribution in [0.1, 0.15) is 32.4 Å². The van der Waals surface area contributed by atoms with Gasteiger partial charge in [0.1, 0.15) is 0 Å². The Labute approximate surface area is 98.3 Å². The summed E-state index contributed by atoms with van der Waals surface area (Å²) in [5.41, 5.74) is 1.09. The highest BCUT2D eigenvalue weighted by molar-refractivity contribution is 5.86. The van der Waals surface area contributed by atoms with Crippen molar-refractivity contribution in [1.29, 1.82) is 0 Å². The summed E-state index contributed by atoms with van der Waals surface area (Å²) in [5.74, 6) is 0.356. The number of hydrogen-bond donors (Lipinski definition) is 0. The van der Waals surface area contributed by atoms with E-state index in [-0.39, 0.29) is 17.7 Å². The van der Waals surface area contributed by atoms with E-state index in [0.29, 0.717) is 0 Å². The quantitative estimate of drug-likeness (QED) is 0.759. The van der Waals surface area contributed by atoms with E-state index in [9.17, 15) is 4.79 Å². The van der Waals surface area contributed by atoms with Gasteiger partial charge in [0.2, 0.25) is 0 Å². The number of benzene rings is 1. The lowest BCUT2D eigenvalue weighted by Crippen LogP contribution is -2.33. The molecule has 0 saturated carbocycles. The molecule has 0 N–H and O–H groups in total. The van der Waals surface area contributed by atoms with Crippen molar-refractivity contribution in [2.75, 3.05) is 13.6 Å². The summed E-state index contributed by atoms with van der Waals surface area (Å²) in [6.45, 7) is 6.87. The topological polar surface area (TPSA) is 20.3 Å². The Morgan fingerprint density at radius 3 is 2.25 bits per heavy atom. The summed E-state index contributed by atoms with van der Waals surface area (Å²) in [5, 5.41) is 0. The molecule has 0 aliphatic heterocycles. The highest BCUT2D eigenvalue weighted by atomic mass is 16.1. The van der Waals surface area contributed by atoms with Crippen LogP contribution in [0, 0.1) is 5.92 Å². The van der Waals surface area contributed by atoms with E-state index in [1.54, 1.807) is 0 Å². The smallest absolute Gasteiger partial charge is 0.156 e. The van der Waals surface area contributed by atoms with Crippen LogP contribution in [0.3, 0.4) is 0 Å². The zero-order chi connectivity index (χ0) is 12.1. The maximum Gasteiger partial charge on any atom is 0.156 e. The van der Waals surface area contributed by atoms with Gasteiger partial charge in [-0.2, -0.15) is 0 Å². The van der Waals surface area contributed by atoms with E-state index in [0.717, 1.165) is 12.1 Å². The van der Waals surface area contributed by atoms with Gasteiger partial charge in [0.25, 0.3) is 0 Å². The zero-order valence-corrected chi connectivity index (χ0v) is 10.6. The fourth-order valence-electron chi connectivity index (χ4n) is 1.77. The first-order valence-electron chi connectivity index (χ1n) is 5.86. The highest BCUT2D eigenvalue weighted by Gasteiger charge is 2.25.